The Morgan fingerprint density at radius 2 is 1.89 bits per heavy atom. The van der Waals surface area contributed by atoms with Crippen LogP contribution < -0.4 is 20.3 Å². The summed E-state index contributed by atoms with van der Waals surface area (Å²) in [7, 11) is 1.58. The Bertz CT molecular complexity index is 1520. The number of anilines is 2. The summed E-state index contributed by atoms with van der Waals surface area (Å²) in [6, 6.07) is 21.2. The fourth-order valence-electron chi connectivity index (χ4n) is 5.18. The topological polar surface area (TPSA) is 71.4 Å². The highest BCUT2D eigenvalue weighted by molar-refractivity contribution is 7.80. The second kappa shape index (κ2) is 10.5. The highest BCUT2D eigenvalue weighted by Gasteiger charge is 2.42. The Labute approximate surface area is 232 Å². The first-order valence-electron chi connectivity index (χ1n) is 12.2. The Morgan fingerprint density at radius 3 is 2.58 bits per heavy atom. The molecule has 3 heterocycles. The molecule has 0 saturated carbocycles. The molecular weight excluding hydrogens is 518 g/mol. The van der Waals surface area contributed by atoms with Gasteiger partial charge in [0.1, 0.15) is 5.75 Å². The number of amides is 1. The molecule has 2 aromatic carbocycles. The molecule has 0 spiro atoms. The third kappa shape index (κ3) is 4.73. The predicted octanol–water partition coefficient (Wildman–Crippen LogP) is 6.29. The number of nitrogens with zero attached hydrogens (tertiary/aromatic N) is 3. The van der Waals surface area contributed by atoms with E-state index in [2.05, 4.69) is 45.0 Å². The third-order valence-electron chi connectivity index (χ3n) is 6.73. The maximum Gasteiger partial charge on any atom is 0.221 e. The molecule has 194 valence electrons. The van der Waals surface area contributed by atoms with Crippen molar-refractivity contribution in [3.05, 3.63) is 101 Å². The zero-order chi connectivity index (χ0) is 27.0. The lowest BCUT2D eigenvalue weighted by molar-refractivity contribution is -0.114. The average molecular weight is 546 g/mol. The Balaban J connectivity index is 1.68. The van der Waals surface area contributed by atoms with Crippen LogP contribution in [0.5, 0.6) is 5.75 Å². The van der Waals surface area contributed by atoms with Crippen LogP contribution in [0, 0.1) is 13.8 Å². The standard InChI is InChI=1S/C29H28ClN5O2S/c1-17-14-23(18(2)34(17)21-9-7-8-20(30)15-21)28-27(24-10-5-6-13-31-24)33-29(38)35(28)22-11-12-26(37-4)25(16-22)32-19(3)36/h5-16,27-28H,1-4H3,(H,32,36)(H,33,38)/t27-,28+/m0/s1. The van der Waals surface area contributed by atoms with Gasteiger partial charge in [-0.2, -0.15) is 0 Å². The molecule has 1 saturated heterocycles. The van der Waals surface area contributed by atoms with Gasteiger partial charge in [-0.05, 0) is 86.2 Å². The maximum absolute atomic E-state index is 11.9. The second-order valence-corrected chi connectivity index (χ2v) is 10.0. The summed E-state index contributed by atoms with van der Waals surface area (Å²) in [5, 5.41) is 7.62. The van der Waals surface area contributed by atoms with Crippen molar-refractivity contribution < 1.29 is 9.53 Å². The number of rotatable bonds is 6. The summed E-state index contributed by atoms with van der Waals surface area (Å²) in [6.07, 6.45) is 1.79. The Morgan fingerprint density at radius 1 is 1.08 bits per heavy atom. The van der Waals surface area contributed by atoms with Gasteiger partial charge >= 0.3 is 0 Å². The van der Waals surface area contributed by atoms with E-state index in [-0.39, 0.29) is 18.0 Å². The van der Waals surface area contributed by atoms with Crippen LogP contribution in [-0.2, 0) is 4.79 Å². The van der Waals surface area contributed by atoms with E-state index in [1.54, 1.807) is 13.3 Å². The number of carbonyl (C=O) groups is 1. The fraction of sp³-hybridized carbons (Fsp3) is 0.207. The minimum absolute atomic E-state index is 0.185. The molecule has 2 aromatic heterocycles. The summed E-state index contributed by atoms with van der Waals surface area (Å²) in [5.74, 6) is 0.384. The lowest BCUT2D eigenvalue weighted by atomic mass is 9.96. The summed E-state index contributed by atoms with van der Waals surface area (Å²) in [6.45, 7) is 5.66. The molecule has 0 bridgehead atoms. The van der Waals surface area contributed by atoms with Gasteiger partial charge in [0.05, 0.1) is 30.6 Å². The number of benzene rings is 2. The van der Waals surface area contributed by atoms with E-state index in [1.165, 1.54) is 6.92 Å². The minimum Gasteiger partial charge on any atom is -0.495 e. The van der Waals surface area contributed by atoms with E-state index in [9.17, 15) is 4.79 Å². The summed E-state index contributed by atoms with van der Waals surface area (Å²) in [4.78, 5) is 18.7. The lowest BCUT2D eigenvalue weighted by Gasteiger charge is -2.29. The van der Waals surface area contributed by atoms with Crippen LogP contribution >= 0.6 is 23.8 Å². The number of aryl methyl sites for hydroxylation is 1. The highest BCUT2D eigenvalue weighted by atomic mass is 35.5. The number of halogens is 1. The van der Waals surface area contributed by atoms with Crippen LogP contribution in [-0.4, -0.2) is 27.7 Å². The lowest BCUT2D eigenvalue weighted by Crippen LogP contribution is -2.29. The Kier molecular flexibility index (Phi) is 7.10. The van der Waals surface area contributed by atoms with Gasteiger partial charge in [-0.25, -0.2) is 0 Å². The van der Waals surface area contributed by atoms with Gasteiger partial charge in [0.2, 0.25) is 5.91 Å². The van der Waals surface area contributed by atoms with Gasteiger partial charge in [0.15, 0.2) is 5.11 Å². The molecule has 9 heteroatoms. The fourth-order valence-corrected chi connectivity index (χ4v) is 5.71. The number of pyridine rings is 1. The summed E-state index contributed by atoms with van der Waals surface area (Å²) >= 11 is 12.2. The first-order chi connectivity index (χ1) is 18.3. The summed E-state index contributed by atoms with van der Waals surface area (Å²) < 4.78 is 7.68. The van der Waals surface area contributed by atoms with Crippen molar-refractivity contribution in [1.29, 1.82) is 0 Å². The van der Waals surface area contributed by atoms with Crippen molar-refractivity contribution in [3.63, 3.8) is 0 Å². The number of methoxy groups -OCH3 is 1. The van der Waals surface area contributed by atoms with Gasteiger partial charge in [0, 0.05) is 40.9 Å². The van der Waals surface area contributed by atoms with Crippen LogP contribution in [0.4, 0.5) is 11.4 Å². The molecule has 2 atom stereocenters. The molecule has 1 aliphatic heterocycles. The number of hydrogen-bond donors (Lipinski definition) is 2. The summed E-state index contributed by atoms with van der Waals surface area (Å²) in [5.41, 5.74) is 6.51. The number of aromatic nitrogens is 2. The molecule has 4 aromatic rings. The van der Waals surface area contributed by atoms with Gasteiger partial charge in [0.25, 0.3) is 0 Å². The van der Waals surface area contributed by atoms with Gasteiger partial charge in [-0.1, -0.05) is 23.7 Å². The van der Waals surface area contributed by atoms with Crippen LogP contribution in [0.2, 0.25) is 5.02 Å². The molecular formula is C29H28ClN5O2S. The van der Waals surface area contributed by atoms with E-state index < -0.39 is 0 Å². The Hall–Kier alpha value is -3.88. The van der Waals surface area contributed by atoms with Gasteiger partial charge in [-0.3, -0.25) is 9.78 Å². The van der Waals surface area contributed by atoms with Crippen molar-refractivity contribution in [2.24, 2.45) is 0 Å². The quantitative estimate of drug-likeness (QED) is 0.278. The molecule has 38 heavy (non-hydrogen) atoms. The number of hydrogen-bond acceptors (Lipinski definition) is 4. The molecule has 0 radical (unpaired) electrons. The number of ether oxygens (including phenoxy) is 1. The largest absolute Gasteiger partial charge is 0.495 e. The normalized spacial score (nSPS) is 16.9. The first kappa shape index (κ1) is 25.8. The number of nitrogens with one attached hydrogen (secondary N) is 2. The molecule has 5 rings (SSSR count). The van der Waals surface area contributed by atoms with Crippen molar-refractivity contribution in [2.45, 2.75) is 32.9 Å². The third-order valence-corrected chi connectivity index (χ3v) is 7.27. The first-order valence-corrected chi connectivity index (χ1v) is 13.0. The zero-order valence-corrected chi connectivity index (χ0v) is 23.1. The second-order valence-electron chi connectivity index (χ2n) is 9.20. The highest BCUT2D eigenvalue weighted by Crippen LogP contribution is 2.45. The van der Waals surface area contributed by atoms with Crippen LogP contribution in [0.1, 0.15) is 41.7 Å². The van der Waals surface area contributed by atoms with E-state index in [0.717, 1.165) is 34.0 Å². The number of carbonyl (C=O) groups excluding carboxylic acids is 1. The van der Waals surface area contributed by atoms with Crippen molar-refractivity contribution >= 4 is 46.2 Å². The maximum atomic E-state index is 11.9. The molecule has 0 unspecified atom stereocenters. The molecule has 7 nitrogen and oxygen atoms in total. The van der Waals surface area contributed by atoms with Crippen LogP contribution in [0.3, 0.4) is 0 Å². The predicted molar refractivity (Wildman–Crippen MR) is 155 cm³/mol. The molecule has 1 fully saturated rings. The van der Waals surface area contributed by atoms with E-state index in [1.807, 2.05) is 60.7 Å². The minimum atomic E-state index is -0.213. The SMILES string of the molecule is COc1ccc(N2C(=S)N[C@@H](c3ccccn3)[C@H]2c2cc(C)n(-c3cccc(Cl)c3)c2C)cc1NC(C)=O. The van der Waals surface area contributed by atoms with Crippen LogP contribution in [0.15, 0.2) is 72.9 Å². The van der Waals surface area contributed by atoms with Gasteiger partial charge in [-0.15, -0.1) is 0 Å². The molecule has 2 N–H and O–H groups in total. The van der Waals surface area contributed by atoms with E-state index >= 15 is 0 Å². The van der Waals surface area contributed by atoms with E-state index in [4.69, 9.17) is 28.6 Å². The van der Waals surface area contributed by atoms with Crippen molar-refractivity contribution in [1.82, 2.24) is 14.9 Å². The monoisotopic (exact) mass is 545 g/mol. The average Bonchev–Trinajstić information content (AvgIpc) is 3.39. The van der Waals surface area contributed by atoms with Crippen LogP contribution in [0.25, 0.3) is 5.69 Å². The molecule has 1 aliphatic rings. The molecule has 1 amide bonds. The number of thiocarbonyl (C=S) groups is 1. The smallest absolute Gasteiger partial charge is 0.221 e. The van der Waals surface area contributed by atoms with Crippen molar-refractivity contribution in [2.75, 3.05) is 17.3 Å². The molecule has 0 aliphatic carbocycles. The zero-order valence-electron chi connectivity index (χ0n) is 21.5. The van der Waals surface area contributed by atoms with E-state index in [0.29, 0.717) is 21.6 Å². The van der Waals surface area contributed by atoms with Crippen molar-refractivity contribution in [3.8, 4) is 11.4 Å². The van der Waals surface area contributed by atoms with Gasteiger partial charge < -0.3 is 24.8 Å².